The summed E-state index contributed by atoms with van der Waals surface area (Å²) in [5, 5.41) is 30.7. The van der Waals surface area contributed by atoms with E-state index in [9.17, 15) is 57.8 Å². The maximum Gasteiger partial charge on any atom is 0.431 e. The van der Waals surface area contributed by atoms with E-state index in [0.717, 1.165) is 23.8 Å². The third-order valence-corrected chi connectivity index (χ3v) is 12.7. The van der Waals surface area contributed by atoms with Crippen molar-refractivity contribution < 1.29 is 75.3 Å². The number of methoxy groups -OCH3 is 1. The number of esters is 1. The van der Waals surface area contributed by atoms with Crippen LogP contribution in [0.15, 0.2) is 82.4 Å². The van der Waals surface area contributed by atoms with Gasteiger partial charge in [0.1, 0.15) is 59.4 Å². The van der Waals surface area contributed by atoms with Crippen LogP contribution in [-0.4, -0.2) is 110 Å². The van der Waals surface area contributed by atoms with E-state index in [1.54, 1.807) is 6.08 Å². The molecule has 4 aromatic rings. The number of H-pyrrole nitrogens is 1. The van der Waals surface area contributed by atoms with Crippen molar-refractivity contribution in [2.75, 3.05) is 13.8 Å². The van der Waals surface area contributed by atoms with Gasteiger partial charge in [0.25, 0.3) is 5.91 Å². The number of hydrogen-bond donors (Lipinski definition) is 7. The number of benzene rings is 3. The Balaban J connectivity index is 1.27. The molecule has 7 rings (SSSR count). The number of hydrogen-bond acceptors (Lipinski definition) is 13. The van der Waals surface area contributed by atoms with Crippen LogP contribution in [0.4, 0.5) is 17.6 Å². The fraction of sp³-hybridized carbons (Fsp3) is 0.308. The van der Waals surface area contributed by atoms with E-state index in [-0.39, 0.29) is 75.6 Å². The first kappa shape index (κ1) is 54.8. The van der Waals surface area contributed by atoms with Crippen molar-refractivity contribution in [3.63, 3.8) is 0 Å². The molecule has 24 heteroatoms. The number of aromatic amines is 1. The molecular weight excluding hydrogens is 1010 g/mol. The molecular formula is C52H49F4N7O13. The van der Waals surface area contributed by atoms with Crippen LogP contribution in [-0.2, 0) is 66.0 Å². The molecule has 3 heterocycles. The molecule has 0 radical (unpaired) electrons. The number of allylic oxidation sites excluding steroid dienone is 1. The highest BCUT2D eigenvalue weighted by Gasteiger charge is 2.42. The van der Waals surface area contributed by atoms with Crippen molar-refractivity contribution in [1.82, 2.24) is 35.8 Å². The second-order valence-electron chi connectivity index (χ2n) is 17.9. The molecule has 7 N–H and O–H groups in total. The summed E-state index contributed by atoms with van der Waals surface area (Å²) in [6, 6.07) is 4.10. The first-order valence-corrected chi connectivity index (χ1v) is 23.4. The second-order valence-corrected chi connectivity index (χ2v) is 17.9. The van der Waals surface area contributed by atoms with Gasteiger partial charge in [0.2, 0.25) is 17.7 Å². The number of phenols is 1. The van der Waals surface area contributed by atoms with E-state index in [0.29, 0.717) is 11.8 Å². The Labute approximate surface area is 428 Å². The molecule has 0 saturated carbocycles. The minimum absolute atomic E-state index is 0.0131. The number of nitrogens with one attached hydrogen (secondary N) is 5. The molecule has 2 aromatic carbocycles. The van der Waals surface area contributed by atoms with Gasteiger partial charge in [-0.05, 0) is 85.4 Å². The van der Waals surface area contributed by atoms with Crippen LogP contribution in [0, 0.1) is 0 Å². The monoisotopic (exact) mass is 1060 g/mol. The van der Waals surface area contributed by atoms with Crippen LogP contribution < -0.4 is 26.7 Å². The lowest BCUT2D eigenvalue weighted by atomic mass is 9.89. The van der Waals surface area contributed by atoms with Gasteiger partial charge in [0, 0.05) is 78.1 Å². The molecule has 4 amide bonds. The van der Waals surface area contributed by atoms with Gasteiger partial charge in [-0.2, -0.15) is 13.2 Å². The summed E-state index contributed by atoms with van der Waals surface area (Å²) in [5.74, 6) is -9.07. The molecule has 4 unspecified atom stereocenters. The van der Waals surface area contributed by atoms with E-state index >= 15 is 13.2 Å². The number of ether oxygens (including phenoxy) is 1. The van der Waals surface area contributed by atoms with Crippen LogP contribution in [0.1, 0.15) is 81.5 Å². The third kappa shape index (κ3) is 12.3. The SMILES string of the molecule is COC(=O)CC(NC(=O)C(Cc1cnc[nH]1)NC(=O)C(CCC(C)=O)NC(=O)C(Cc1c2c(n(C)c1C(F)(F)F)C=CCC2)NC(=O)c1ccc(-c2c3ccc(=O)cc-3oc3cc(O)ccc23)c(C(=O)O)c1)C(=O)CF. The van der Waals surface area contributed by atoms with E-state index in [1.807, 2.05) is 0 Å². The molecule has 2 aliphatic carbocycles. The summed E-state index contributed by atoms with van der Waals surface area (Å²) < 4.78 is 70.1. The van der Waals surface area contributed by atoms with Gasteiger partial charge in [-0.25, -0.2) is 14.2 Å². The van der Waals surface area contributed by atoms with Gasteiger partial charge in [0.15, 0.2) is 11.2 Å². The number of rotatable bonds is 21. The van der Waals surface area contributed by atoms with Gasteiger partial charge in [-0.1, -0.05) is 12.1 Å². The van der Waals surface area contributed by atoms with Crippen molar-refractivity contribution in [2.24, 2.45) is 7.05 Å². The molecule has 398 valence electrons. The normalized spacial score (nSPS) is 13.7. The van der Waals surface area contributed by atoms with Gasteiger partial charge < -0.3 is 55.0 Å². The second kappa shape index (κ2) is 23.1. The number of aromatic carboxylic acids is 1. The molecule has 20 nitrogen and oxygen atoms in total. The predicted molar refractivity (Wildman–Crippen MR) is 262 cm³/mol. The lowest BCUT2D eigenvalue weighted by molar-refractivity contribution is -0.144. The summed E-state index contributed by atoms with van der Waals surface area (Å²) in [6.45, 7) is -0.419. The van der Waals surface area contributed by atoms with Crippen LogP contribution in [0.2, 0.25) is 0 Å². The smallest absolute Gasteiger partial charge is 0.431 e. The van der Waals surface area contributed by atoms with Crippen molar-refractivity contribution in [1.29, 1.82) is 0 Å². The molecule has 0 fully saturated rings. The summed E-state index contributed by atoms with van der Waals surface area (Å²) in [5.41, 5.74) is -1.61. The number of halogens is 4. The Morgan fingerprint density at radius 1 is 0.882 bits per heavy atom. The highest BCUT2D eigenvalue weighted by molar-refractivity contribution is 6.09. The Morgan fingerprint density at radius 2 is 1.57 bits per heavy atom. The van der Waals surface area contributed by atoms with Gasteiger partial charge in [0.05, 0.1) is 25.4 Å². The number of carbonyl (C=O) groups is 8. The highest BCUT2D eigenvalue weighted by Crippen LogP contribution is 2.43. The van der Waals surface area contributed by atoms with Crippen LogP contribution in [0.3, 0.4) is 0 Å². The fourth-order valence-electron chi connectivity index (χ4n) is 9.05. The zero-order valence-corrected chi connectivity index (χ0v) is 40.8. The average Bonchev–Trinajstić information content (AvgIpc) is 4.03. The Morgan fingerprint density at radius 3 is 2.22 bits per heavy atom. The maximum atomic E-state index is 15.0. The largest absolute Gasteiger partial charge is 0.508 e. The standard InChI is InChI=1S/C52H49F4N7O13/c1-25(64)8-15-36(48(70)62-38(17-27-23-57-24-58-27)49(71)60-37(41(67)22-53)21-44(68)75-3)59-50(72)39(20-34-30-6-4-5-7-40(30)63(2)46(34)52(54,55)56)61-47(69)26-9-12-31(35(16-26)51(73)74)45-32-13-10-28(65)18-42(32)76-43-19-29(66)11-14-33(43)45/h5,7,9-14,16,18-19,23-24,36-39,65H,4,6,8,15,17,20-22H2,1-3H3,(H,57,58)(H,59,72)(H,60,71)(H,61,69)(H,62,70)(H,73,74). The highest BCUT2D eigenvalue weighted by atomic mass is 19.4. The number of aromatic nitrogens is 3. The first-order valence-electron chi connectivity index (χ1n) is 23.4. The molecule has 3 aliphatic rings. The molecule has 76 heavy (non-hydrogen) atoms. The number of ketones is 2. The first-order chi connectivity index (χ1) is 36.1. The van der Waals surface area contributed by atoms with E-state index < -0.39 is 126 Å². The van der Waals surface area contributed by atoms with Crippen LogP contribution in [0.5, 0.6) is 5.75 Å². The third-order valence-electron chi connectivity index (χ3n) is 12.7. The lowest BCUT2D eigenvalue weighted by Crippen LogP contribution is -2.58. The number of carboxylic acids is 1. The Hall–Kier alpha value is -8.96. The van der Waals surface area contributed by atoms with Gasteiger partial charge >= 0.3 is 18.1 Å². The summed E-state index contributed by atoms with van der Waals surface area (Å²) >= 11 is 0. The fourth-order valence-corrected chi connectivity index (χ4v) is 9.05. The summed E-state index contributed by atoms with van der Waals surface area (Å²) in [7, 11) is 2.18. The summed E-state index contributed by atoms with van der Waals surface area (Å²) in [6.07, 6.45) is -1.75. The number of carbonyl (C=O) groups excluding carboxylic acids is 7. The van der Waals surface area contributed by atoms with Crippen molar-refractivity contribution in [3.8, 4) is 28.2 Å². The number of nitrogens with zero attached hydrogens (tertiary/aromatic N) is 2. The minimum Gasteiger partial charge on any atom is -0.508 e. The number of imidazole rings is 1. The lowest BCUT2D eigenvalue weighted by Gasteiger charge is -2.26. The predicted octanol–water partition coefficient (Wildman–Crippen LogP) is 4.52. The van der Waals surface area contributed by atoms with E-state index in [2.05, 4.69) is 36.0 Å². The van der Waals surface area contributed by atoms with Gasteiger partial charge in [-0.3, -0.25) is 33.6 Å². The van der Waals surface area contributed by atoms with Crippen molar-refractivity contribution >= 4 is 64.2 Å². The number of carboxylic acid groups (broad SMARTS) is 1. The minimum atomic E-state index is -5.00. The quantitative estimate of drug-likeness (QED) is 0.0297. The zero-order chi connectivity index (χ0) is 55.2. The maximum absolute atomic E-state index is 15.0. The molecule has 0 saturated heterocycles. The molecule has 1 aliphatic heterocycles. The molecule has 0 spiro atoms. The zero-order valence-electron chi connectivity index (χ0n) is 40.8. The van der Waals surface area contributed by atoms with Crippen LogP contribution >= 0.6 is 0 Å². The Bertz CT molecular complexity index is 3330. The molecule has 4 atom stereocenters. The number of fused-ring (bicyclic) bond motifs is 3. The summed E-state index contributed by atoms with van der Waals surface area (Å²) in [4.78, 5) is 126. The molecule has 0 bridgehead atoms. The Kier molecular flexibility index (Phi) is 16.6. The molecule has 2 aromatic heterocycles. The number of aromatic hydroxyl groups is 1. The van der Waals surface area contributed by atoms with Crippen molar-refractivity contribution in [3.05, 3.63) is 123 Å². The van der Waals surface area contributed by atoms with Gasteiger partial charge in [-0.15, -0.1) is 0 Å². The number of Topliss-reactive ketones (excluding diaryl/α,β-unsaturated/α-hetero) is 2. The van der Waals surface area contributed by atoms with Crippen LogP contribution in [0.25, 0.3) is 39.5 Å². The number of amides is 4. The number of alkyl halides is 4. The number of phenolic OH excluding ortho intramolecular Hbond substituents is 1. The average molecular weight is 1060 g/mol. The van der Waals surface area contributed by atoms with E-state index in [4.69, 9.17) is 4.42 Å². The topological polar surface area (TPSA) is 298 Å². The van der Waals surface area contributed by atoms with Crippen molar-refractivity contribution in [2.45, 2.75) is 82.2 Å². The van der Waals surface area contributed by atoms with E-state index in [1.165, 1.54) is 75.0 Å².